The molecule has 0 aliphatic carbocycles. The van der Waals surface area contributed by atoms with Crippen molar-refractivity contribution in [3.63, 3.8) is 0 Å². The molecule has 19 heavy (non-hydrogen) atoms. The van der Waals surface area contributed by atoms with Gasteiger partial charge in [0, 0.05) is 31.7 Å². The molecule has 2 heterocycles. The van der Waals surface area contributed by atoms with Gasteiger partial charge < -0.3 is 10.4 Å². The van der Waals surface area contributed by atoms with Gasteiger partial charge in [-0.25, -0.2) is 4.98 Å². The van der Waals surface area contributed by atoms with Crippen molar-refractivity contribution in [2.24, 2.45) is 7.05 Å². The number of aliphatic hydroxyl groups excluding tert-OH is 1. The minimum Gasteiger partial charge on any atom is -0.392 e. The first-order chi connectivity index (χ1) is 9.11. The van der Waals surface area contributed by atoms with Crippen molar-refractivity contribution in [3.05, 3.63) is 23.5 Å². The Morgan fingerprint density at radius 2 is 2.26 bits per heavy atom. The molecule has 0 spiro atoms. The summed E-state index contributed by atoms with van der Waals surface area (Å²) in [5.74, 6) is 0. The molecule has 0 bridgehead atoms. The van der Waals surface area contributed by atoms with Gasteiger partial charge >= 0.3 is 0 Å². The molecule has 5 heteroatoms. The summed E-state index contributed by atoms with van der Waals surface area (Å²) in [7, 11) is 1.90. The van der Waals surface area contributed by atoms with Gasteiger partial charge in [-0.05, 0) is 25.0 Å². The minimum absolute atomic E-state index is 0.262. The SMILES string of the molecule is CCCC(O)CNCc1cnc2c(c1)c(C)nn2C. The molecule has 2 N–H and O–H groups in total. The standard InChI is InChI=1S/C14H22N4O/c1-4-5-12(19)9-15-7-11-6-13-10(2)17-18(3)14(13)16-8-11/h6,8,12,15,19H,4-5,7,9H2,1-3H3. The second-order valence-corrected chi connectivity index (χ2v) is 5.00. The predicted octanol–water partition coefficient (Wildman–Crippen LogP) is 1.53. The van der Waals surface area contributed by atoms with Crippen LogP contribution in [0.1, 0.15) is 31.0 Å². The normalized spacial score (nSPS) is 13.1. The van der Waals surface area contributed by atoms with E-state index in [-0.39, 0.29) is 6.10 Å². The van der Waals surface area contributed by atoms with Crippen molar-refractivity contribution in [2.45, 2.75) is 39.3 Å². The number of pyridine rings is 1. The lowest BCUT2D eigenvalue weighted by Crippen LogP contribution is -2.26. The Kier molecular flexibility index (Phi) is 4.50. The first kappa shape index (κ1) is 14.0. The molecule has 2 rings (SSSR count). The highest BCUT2D eigenvalue weighted by atomic mass is 16.3. The summed E-state index contributed by atoms with van der Waals surface area (Å²) in [6.45, 7) is 5.41. The van der Waals surface area contributed by atoms with E-state index in [1.54, 1.807) is 4.68 Å². The summed E-state index contributed by atoms with van der Waals surface area (Å²) in [5.41, 5.74) is 3.03. The van der Waals surface area contributed by atoms with Gasteiger partial charge in [-0.2, -0.15) is 5.10 Å². The van der Waals surface area contributed by atoms with E-state index >= 15 is 0 Å². The first-order valence-electron chi connectivity index (χ1n) is 6.78. The molecule has 0 aliphatic rings. The van der Waals surface area contributed by atoms with E-state index in [0.717, 1.165) is 41.7 Å². The van der Waals surface area contributed by atoms with Crippen LogP contribution in [0, 0.1) is 6.92 Å². The van der Waals surface area contributed by atoms with E-state index in [0.29, 0.717) is 6.54 Å². The summed E-state index contributed by atoms with van der Waals surface area (Å²) in [5, 5.41) is 18.4. The van der Waals surface area contributed by atoms with E-state index in [4.69, 9.17) is 0 Å². The molecule has 2 aromatic heterocycles. The van der Waals surface area contributed by atoms with Gasteiger partial charge in [0.15, 0.2) is 5.65 Å². The van der Waals surface area contributed by atoms with Crippen LogP contribution < -0.4 is 5.32 Å². The monoisotopic (exact) mass is 262 g/mol. The van der Waals surface area contributed by atoms with Crippen molar-refractivity contribution in [1.29, 1.82) is 0 Å². The lowest BCUT2D eigenvalue weighted by molar-refractivity contribution is 0.160. The predicted molar refractivity (Wildman–Crippen MR) is 75.9 cm³/mol. The third-order valence-electron chi connectivity index (χ3n) is 3.25. The highest BCUT2D eigenvalue weighted by molar-refractivity contribution is 5.78. The second-order valence-electron chi connectivity index (χ2n) is 5.00. The highest BCUT2D eigenvalue weighted by Gasteiger charge is 2.07. The summed E-state index contributed by atoms with van der Waals surface area (Å²) in [6, 6.07) is 2.11. The largest absolute Gasteiger partial charge is 0.392 e. The highest BCUT2D eigenvalue weighted by Crippen LogP contribution is 2.16. The fourth-order valence-electron chi connectivity index (χ4n) is 2.27. The van der Waals surface area contributed by atoms with Crippen LogP contribution in [0.15, 0.2) is 12.3 Å². The maximum absolute atomic E-state index is 9.65. The Morgan fingerprint density at radius 1 is 1.47 bits per heavy atom. The van der Waals surface area contributed by atoms with Crippen molar-refractivity contribution in [3.8, 4) is 0 Å². The van der Waals surface area contributed by atoms with Crippen LogP contribution >= 0.6 is 0 Å². The van der Waals surface area contributed by atoms with E-state index in [1.165, 1.54) is 0 Å². The maximum Gasteiger partial charge on any atom is 0.157 e. The number of hydrogen-bond acceptors (Lipinski definition) is 4. The van der Waals surface area contributed by atoms with Crippen LogP contribution in [-0.4, -0.2) is 32.5 Å². The molecule has 104 valence electrons. The van der Waals surface area contributed by atoms with Gasteiger partial charge in [0.1, 0.15) is 0 Å². The second kappa shape index (κ2) is 6.12. The lowest BCUT2D eigenvalue weighted by atomic mass is 10.2. The number of aromatic nitrogens is 3. The third kappa shape index (κ3) is 3.30. The molecule has 1 atom stereocenters. The van der Waals surface area contributed by atoms with Crippen LogP contribution in [0.25, 0.3) is 11.0 Å². The Bertz CT molecular complexity index is 550. The molecule has 2 aromatic rings. The zero-order chi connectivity index (χ0) is 13.8. The molecule has 0 saturated heterocycles. The average Bonchev–Trinajstić information content (AvgIpc) is 2.65. The van der Waals surface area contributed by atoms with E-state index in [2.05, 4.69) is 28.4 Å². The number of aryl methyl sites for hydroxylation is 2. The van der Waals surface area contributed by atoms with Gasteiger partial charge in [-0.1, -0.05) is 13.3 Å². The Hall–Kier alpha value is -1.46. The van der Waals surface area contributed by atoms with Crippen molar-refractivity contribution in [2.75, 3.05) is 6.54 Å². The topological polar surface area (TPSA) is 63.0 Å². The molecule has 0 amide bonds. The van der Waals surface area contributed by atoms with Crippen LogP contribution in [-0.2, 0) is 13.6 Å². The summed E-state index contributed by atoms with van der Waals surface area (Å²) in [6.07, 6.45) is 3.45. The minimum atomic E-state index is -0.262. The molecular weight excluding hydrogens is 240 g/mol. The molecule has 0 aromatic carbocycles. The van der Waals surface area contributed by atoms with Crippen LogP contribution in [0.5, 0.6) is 0 Å². The third-order valence-corrected chi connectivity index (χ3v) is 3.25. The van der Waals surface area contributed by atoms with Crippen LogP contribution in [0.3, 0.4) is 0 Å². The summed E-state index contributed by atoms with van der Waals surface area (Å²) < 4.78 is 1.80. The molecule has 1 unspecified atom stereocenters. The quantitative estimate of drug-likeness (QED) is 0.828. The van der Waals surface area contributed by atoms with Gasteiger partial charge in [0.05, 0.1) is 11.8 Å². The van der Waals surface area contributed by atoms with Gasteiger partial charge in [0.2, 0.25) is 0 Å². The van der Waals surface area contributed by atoms with E-state index < -0.39 is 0 Å². The van der Waals surface area contributed by atoms with Crippen molar-refractivity contribution >= 4 is 11.0 Å². The summed E-state index contributed by atoms with van der Waals surface area (Å²) in [4.78, 5) is 4.43. The number of fused-ring (bicyclic) bond motifs is 1. The smallest absolute Gasteiger partial charge is 0.157 e. The Morgan fingerprint density at radius 3 is 3.00 bits per heavy atom. The number of aliphatic hydroxyl groups is 1. The molecule has 5 nitrogen and oxygen atoms in total. The van der Waals surface area contributed by atoms with Gasteiger partial charge in [-0.3, -0.25) is 4.68 Å². The van der Waals surface area contributed by atoms with Crippen molar-refractivity contribution in [1.82, 2.24) is 20.1 Å². The number of rotatable bonds is 6. The molecule has 0 saturated carbocycles. The zero-order valence-corrected chi connectivity index (χ0v) is 11.8. The maximum atomic E-state index is 9.65. The molecule has 0 aliphatic heterocycles. The van der Waals surface area contributed by atoms with Crippen LogP contribution in [0.4, 0.5) is 0 Å². The van der Waals surface area contributed by atoms with E-state index in [9.17, 15) is 5.11 Å². The molecular formula is C14H22N4O. The fourth-order valence-corrected chi connectivity index (χ4v) is 2.27. The first-order valence-corrected chi connectivity index (χ1v) is 6.78. The number of hydrogen-bond donors (Lipinski definition) is 2. The average molecular weight is 262 g/mol. The molecule has 0 fully saturated rings. The van der Waals surface area contributed by atoms with Gasteiger partial charge in [0.25, 0.3) is 0 Å². The van der Waals surface area contributed by atoms with Crippen molar-refractivity contribution < 1.29 is 5.11 Å². The Balaban J connectivity index is 2.00. The fraction of sp³-hybridized carbons (Fsp3) is 0.571. The summed E-state index contributed by atoms with van der Waals surface area (Å²) >= 11 is 0. The number of nitrogens with zero attached hydrogens (tertiary/aromatic N) is 3. The zero-order valence-electron chi connectivity index (χ0n) is 11.8. The van der Waals surface area contributed by atoms with Crippen LogP contribution in [0.2, 0.25) is 0 Å². The van der Waals surface area contributed by atoms with Gasteiger partial charge in [-0.15, -0.1) is 0 Å². The molecule has 0 radical (unpaired) electrons. The lowest BCUT2D eigenvalue weighted by Gasteiger charge is -2.10. The number of nitrogens with one attached hydrogen (secondary N) is 1. The van der Waals surface area contributed by atoms with E-state index in [1.807, 2.05) is 20.2 Å². The Labute approximate surface area is 113 Å².